The van der Waals surface area contributed by atoms with Gasteiger partial charge in [-0.05, 0) is 17.5 Å². The van der Waals surface area contributed by atoms with Gasteiger partial charge in [0.15, 0.2) is 5.70 Å². The number of hydrazine groups is 1. The molecule has 0 bridgehead atoms. The molecule has 0 unspecified atom stereocenters. The standard InChI is InChI=1S/C20H13N3O7S.C10H9N5O4.Cr.Na/c24-16-8-5-11-3-1-2-4-13(11)19(16)21-22-20-14-7-6-12(23(26)27)9-15(14)18(10-17(20)25)31(28,29)30;1-5-9(10(17)14-11-5)13-12-7-4-6(15(18)19)2-3-8(7)16;;/h1-10,24-25H,(H,28,29,30);2-4H,1H3,(H3,11,12,13,14,16,17);;/q;;;+1/p-1. The van der Waals surface area contributed by atoms with Gasteiger partial charge in [0.1, 0.15) is 38.8 Å². The molecule has 0 fully saturated rings. The van der Waals surface area contributed by atoms with Crippen molar-refractivity contribution in [3.05, 3.63) is 111 Å². The number of hydrogen-bond donors (Lipinski definition) is 5. The van der Waals surface area contributed by atoms with Gasteiger partial charge in [0.25, 0.3) is 21.5 Å². The number of non-ortho nitro benzene ring substituents is 2. The first-order chi connectivity index (χ1) is 23.6. The van der Waals surface area contributed by atoms with E-state index in [1.54, 1.807) is 37.3 Å². The van der Waals surface area contributed by atoms with Crippen LogP contribution in [0.2, 0.25) is 0 Å². The number of fused-ring (bicyclic) bond motifs is 2. The maximum Gasteiger partial charge on any atom is 1.00 e. The molecule has 0 amide bonds. The van der Waals surface area contributed by atoms with E-state index in [-0.39, 0.29) is 91.9 Å². The Morgan fingerprint density at radius 1 is 0.788 bits per heavy atom. The number of nitro benzene ring substituents is 2. The number of nitrogens with zero attached hydrogens (tertiary/aromatic N) is 6. The maximum atomic E-state index is 11.7. The summed E-state index contributed by atoms with van der Waals surface area (Å²) in [5.74, 6) is -1.83. The number of rotatable bonds is 8. The normalized spacial score (nSPS) is 12.1. The third-order valence-corrected chi connectivity index (χ3v) is 7.91. The minimum atomic E-state index is -4.81. The summed E-state index contributed by atoms with van der Waals surface area (Å²) in [5.41, 5.74) is 4.59. The second kappa shape index (κ2) is 16.6. The maximum absolute atomic E-state index is 11.7. The fraction of sp³-hybridized carbons (Fsp3) is 0.0333. The third-order valence-electron chi connectivity index (χ3n) is 7.01. The number of phenolic OH excluding ortho intramolecular Hbond substituents is 2. The van der Waals surface area contributed by atoms with Crippen molar-refractivity contribution in [3.8, 4) is 17.2 Å². The average molecular weight is 777 g/mol. The van der Waals surface area contributed by atoms with Gasteiger partial charge in [-0.1, -0.05) is 42.1 Å². The van der Waals surface area contributed by atoms with Crippen molar-refractivity contribution in [2.24, 2.45) is 15.3 Å². The van der Waals surface area contributed by atoms with Crippen LogP contribution in [0.25, 0.3) is 21.5 Å². The summed E-state index contributed by atoms with van der Waals surface area (Å²) in [4.78, 5) is 23.2. The molecule has 0 saturated heterocycles. The Morgan fingerprint density at radius 3 is 2.02 bits per heavy atom. The number of azo groups is 1. The van der Waals surface area contributed by atoms with Gasteiger partial charge in [0.2, 0.25) is 0 Å². The molecule has 0 saturated carbocycles. The van der Waals surface area contributed by atoms with Gasteiger partial charge in [0.05, 0.1) is 20.3 Å². The van der Waals surface area contributed by atoms with E-state index in [1.165, 1.54) is 12.1 Å². The quantitative estimate of drug-likeness (QED) is 0.0370. The molecule has 5 N–H and O–H groups in total. The fourth-order valence-electron chi connectivity index (χ4n) is 4.61. The van der Waals surface area contributed by atoms with Crippen LogP contribution in [0, 0.1) is 20.2 Å². The zero-order valence-corrected chi connectivity index (χ0v) is 30.7. The van der Waals surface area contributed by atoms with E-state index < -0.39 is 47.9 Å². The minimum absolute atomic E-state index is 0. The van der Waals surface area contributed by atoms with E-state index in [1.807, 2.05) is 0 Å². The largest absolute Gasteiger partial charge is 1.00 e. The predicted molar refractivity (Wildman–Crippen MR) is 172 cm³/mol. The van der Waals surface area contributed by atoms with E-state index in [4.69, 9.17) is 0 Å². The van der Waals surface area contributed by atoms with Gasteiger partial charge >= 0.3 is 35.3 Å². The number of anilines is 1. The van der Waals surface area contributed by atoms with Gasteiger partial charge in [-0.2, -0.15) is 8.42 Å². The topological polar surface area (TPSA) is 302 Å². The van der Waals surface area contributed by atoms with E-state index in [2.05, 4.69) is 31.0 Å². The van der Waals surface area contributed by atoms with Gasteiger partial charge in [-0.15, -0.1) is 10.2 Å². The number of nitro groups is 2. The van der Waals surface area contributed by atoms with Crippen LogP contribution in [0.3, 0.4) is 0 Å². The second-order valence-corrected chi connectivity index (χ2v) is 11.6. The van der Waals surface area contributed by atoms with Gasteiger partial charge in [-0.3, -0.25) is 30.2 Å². The average Bonchev–Trinajstić information content (AvgIpc) is 3.39. The van der Waals surface area contributed by atoms with Crippen molar-refractivity contribution < 1.29 is 95.0 Å². The molecule has 5 aromatic carbocycles. The molecule has 260 valence electrons. The smallest absolute Gasteiger partial charge is 0.871 e. The van der Waals surface area contributed by atoms with Crippen molar-refractivity contribution in [3.63, 3.8) is 0 Å². The van der Waals surface area contributed by atoms with E-state index in [9.17, 15) is 53.6 Å². The summed E-state index contributed by atoms with van der Waals surface area (Å²) in [6.45, 7) is 1.56. The molecule has 0 atom stereocenters. The molecule has 0 aliphatic carbocycles. The summed E-state index contributed by atoms with van der Waals surface area (Å²) >= 11 is 0. The summed E-state index contributed by atoms with van der Waals surface area (Å²) in [7, 11) is -4.81. The van der Waals surface area contributed by atoms with Crippen molar-refractivity contribution in [2.75, 3.05) is 5.43 Å². The van der Waals surface area contributed by atoms with Crippen molar-refractivity contribution in [1.29, 1.82) is 0 Å². The van der Waals surface area contributed by atoms with E-state index in [0.717, 1.165) is 41.8 Å². The molecule has 0 radical (unpaired) electrons. The molecule has 22 heteroatoms. The number of nitrogens with one attached hydrogen (secondary N) is 2. The summed E-state index contributed by atoms with van der Waals surface area (Å²) < 4.78 is 33.0. The first kappa shape index (κ1) is 40.8. The van der Waals surface area contributed by atoms with Crippen LogP contribution in [0.15, 0.2) is 111 Å². The van der Waals surface area contributed by atoms with Crippen LogP contribution in [-0.4, -0.2) is 43.5 Å². The molecule has 1 aliphatic rings. The number of allylic oxidation sites excluding steroid dienone is 1. The summed E-state index contributed by atoms with van der Waals surface area (Å²) in [6.07, 6.45) is 0. The Hall–Kier alpha value is -5.62. The van der Waals surface area contributed by atoms with Crippen LogP contribution >= 0.6 is 0 Å². The second-order valence-electron chi connectivity index (χ2n) is 10.2. The molecular formula is C30H21CrN8NaO11S. The first-order valence-corrected chi connectivity index (χ1v) is 15.3. The zero-order valence-electron chi connectivity index (χ0n) is 26.6. The Balaban J connectivity index is 0.000000300. The van der Waals surface area contributed by atoms with E-state index >= 15 is 0 Å². The van der Waals surface area contributed by atoms with Crippen molar-refractivity contribution in [1.82, 2.24) is 5.43 Å². The molecule has 1 heterocycles. The molecule has 6 rings (SSSR count). The molecule has 19 nitrogen and oxygen atoms in total. The number of benzene rings is 5. The molecule has 0 spiro atoms. The SMILES string of the molecule is CC1=[N+]=NC([O-])=C1NNc1cc([N+](=O)[O-])ccc1[O-].O=[N+]([O-])c1ccc2c(N=Nc3c(O)ccc4ccccc34)c(O)cc(S(=O)(=O)O)c2c1.[Cr].[Na+]. The number of hydrogen-bond acceptors (Lipinski definition) is 15. The Morgan fingerprint density at radius 2 is 1.40 bits per heavy atom. The van der Waals surface area contributed by atoms with Crippen LogP contribution < -0.4 is 50.6 Å². The van der Waals surface area contributed by atoms with Crippen LogP contribution in [0.1, 0.15) is 6.92 Å². The predicted octanol–water partition coefficient (Wildman–Crippen LogP) is 1.23. The minimum Gasteiger partial charge on any atom is -0.871 e. The monoisotopic (exact) mass is 776 g/mol. The molecule has 5 aromatic rings. The Kier molecular flexibility index (Phi) is 13.0. The summed E-state index contributed by atoms with van der Waals surface area (Å²) in [6, 6.07) is 17.4. The molecular weight excluding hydrogens is 755 g/mol. The van der Waals surface area contributed by atoms with E-state index in [0.29, 0.717) is 11.1 Å². The van der Waals surface area contributed by atoms with Gasteiger partial charge in [-0.25, -0.2) is 0 Å². The van der Waals surface area contributed by atoms with Crippen molar-refractivity contribution >= 4 is 65.8 Å². The van der Waals surface area contributed by atoms with Crippen LogP contribution in [0.4, 0.5) is 28.4 Å². The fourth-order valence-corrected chi connectivity index (χ4v) is 5.32. The Bertz CT molecular complexity index is 2490. The third kappa shape index (κ3) is 8.81. The zero-order chi connectivity index (χ0) is 36.3. The van der Waals surface area contributed by atoms with Crippen molar-refractivity contribution in [2.45, 2.75) is 11.8 Å². The first-order valence-electron chi connectivity index (χ1n) is 13.8. The van der Waals surface area contributed by atoms with Crippen LogP contribution in [-0.2, 0) is 27.5 Å². The summed E-state index contributed by atoms with van der Waals surface area (Å²) in [5, 5.41) is 77.5. The Labute approximate surface area is 324 Å². The molecule has 52 heavy (non-hydrogen) atoms. The number of aromatic hydroxyl groups is 2. The number of phenols is 2. The van der Waals surface area contributed by atoms with Gasteiger partial charge in [0, 0.05) is 70.8 Å². The molecule has 0 aromatic heterocycles. The van der Waals surface area contributed by atoms with Crippen LogP contribution in [0.5, 0.6) is 17.2 Å². The molecule has 1 aliphatic heterocycles. The van der Waals surface area contributed by atoms with Gasteiger partial charge < -0.3 is 25.9 Å².